The van der Waals surface area contributed by atoms with Crippen LogP contribution in [0.3, 0.4) is 0 Å². The van der Waals surface area contributed by atoms with Crippen LogP contribution >= 0.6 is 0 Å². The molecule has 4 N–H and O–H groups in total. The predicted octanol–water partition coefficient (Wildman–Crippen LogP) is 2.92. The van der Waals surface area contributed by atoms with E-state index in [0.717, 1.165) is 12.8 Å². The molecule has 2 rings (SSSR count). The molecule has 0 aromatic heterocycles. The van der Waals surface area contributed by atoms with Crippen molar-refractivity contribution in [1.29, 1.82) is 0 Å². The normalized spacial score (nSPS) is 21.7. The number of nitrogens with zero attached hydrogens (tertiary/aromatic N) is 1. The van der Waals surface area contributed by atoms with Crippen LogP contribution < -0.4 is 16.4 Å². The van der Waals surface area contributed by atoms with Crippen molar-refractivity contribution in [1.82, 2.24) is 10.6 Å². The van der Waals surface area contributed by atoms with Gasteiger partial charge in [-0.25, -0.2) is 4.79 Å². The van der Waals surface area contributed by atoms with Crippen molar-refractivity contribution in [2.75, 3.05) is 6.54 Å². The number of nitrogens with two attached hydrogens (primary N) is 1. The lowest BCUT2D eigenvalue weighted by Crippen LogP contribution is -2.44. The molecule has 0 heterocycles. The maximum Gasteiger partial charge on any atom is 0.407 e. The van der Waals surface area contributed by atoms with Crippen molar-refractivity contribution in [2.24, 2.45) is 16.6 Å². The quantitative estimate of drug-likeness (QED) is 0.408. The standard InChI is InChI=1S/C18H34N4O2/c1-18(2,3)24-17(23)22-15(13-10-11-13)12-20-16(19)21-14-8-6-4-5-7-9-14/h13-15H,4-12H2,1-3H3,(H,22,23)(H3,19,20,21). The fourth-order valence-corrected chi connectivity index (χ4v) is 3.15. The Morgan fingerprint density at radius 2 is 1.79 bits per heavy atom. The van der Waals surface area contributed by atoms with E-state index in [1.165, 1.54) is 38.5 Å². The Hall–Kier alpha value is -1.46. The molecule has 1 atom stereocenters. The molecule has 0 aromatic carbocycles. The third-order valence-electron chi connectivity index (χ3n) is 4.56. The van der Waals surface area contributed by atoms with Crippen LogP contribution in [-0.4, -0.2) is 36.3 Å². The second kappa shape index (κ2) is 8.58. The van der Waals surface area contributed by atoms with Gasteiger partial charge in [0, 0.05) is 6.04 Å². The number of hydrogen-bond acceptors (Lipinski definition) is 3. The van der Waals surface area contributed by atoms with Gasteiger partial charge in [0.15, 0.2) is 5.96 Å². The van der Waals surface area contributed by atoms with E-state index >= 15 is 0 Å². The molecule has 0 aromatic rings. The first-order valence-electron chi connectivity index (χ1n) is 9.39. The highest BCUT2D eigenvalue weighted by Crippen LogP contribution is 2.33. The average molecular weight is 338 g/mol. The van der Waals surface area contributed by atoms with Gasteiger partial charge < -0.3 is 21.1 Å². The number of aliphatic imine (C=N–C) groups is 1. The topological polar surface area (TPSA) is 88.7 Å². The van der Waals surface area contributed by atoms with Gasteiger partial charge in [-0.15, -0.1) is 0 Å². The maximum atomic E-state index is 12.0. The number of nitrogens with one attached hydrogen (secondary N) is 2. The molecule has 1 unspecified atom stereocenters. The highest BCUT2D eigenvalue weighted by molar-refractivity contribution is 5.78. The van der Waals surface area contributed by atoms with Crippen molar-refractivity contribution >= 4 is 12.1 Å². The van der Waals surface area contributed by atoms with Crippen molar-refractivity contribution in [3.8, 4) is 0 Å². The first-order chi connectivity index (χ1) is 11.3. The number of guanidine groups is 1. The van der Waals surface area contributed by atoms with Crippen LogP contribution in [0.2, 0.25) is 0 Å². The summed E-state index contributed by atoms with van der Waals surface area (Å²) < 4.78 is 5.34. The number of carbonyl (C=O) groups excluding carboxylic acids is 1. The molecule has 138 valence electrons. The smallest absolute Gasteiger partial charge is 0.407 e. The van der Waals surface area contributed by atoms with Crippen LogP contribution in [0.4, 0.5) is 4.79 Å². The minimum absolute atomic E-state index is 0.00864. The zero-order valence-corrected chi connectivity index (χ0v) is 15.4. The van der Waals surface area contributed by atoms with Crippen LogP contribution in [0.1, 0.15) is 72.1 Å². The van der Waals surface area contributed by atoms with Gasteiger partial charge in [-0.1, -0.05) is 25.7 Å². The first kappa shape index (κ1) is 18.9. The van der Waals surface area contributed by atoms with E-state index in [-0.39, 0.29) is 12.1 Å². The van der Waals surface area contributed by atoms with E-state index < -0.39 is 5.60 Å². The Balaban J connectivity index is 1.80. The zero-order chi connectivity index (χ0) is 17.6. The molecule has 2 aliphatic rings. The van der Waals surface area contributed by atoms with Gasteiger partial charge >= 0.3 is 6.09 Å². The maximum absolute atomic E-state index is 12.0. The highest BCUT2D eigenvalue weighted by atomic mass is 16.6. The predicted molar refractivity (Wildman–Crippen MR) is 97.0 cm³/mol. The highest BCUT2D eigenvalue weighted by Gasteiger charge is 2.33. The van der Waals surface area contributed by atoms with Crippen LogP contribution in [0.25, 0.3) is 0 Å². The lowest BCUT2D eigenvalue weighted by molar-refractivity contribution is 0.0500. The fraction of sp³-hybridized carbons (Fsp3) is 0.889. The molecular formula is C18H34N4O2. The summed E-state index contributed by atoms with van der Waals surface area (Å²) in [5.74, 6) is 0.991. The number of hydrogen-bond donors (Lipinski definition) is 3. The summed E-state index contributed by atoms with van der Waals surface area (Å²) >= 11 is 0. The van der Waals surface area contributed by atoms with E-state index in [9.17, 15) is 4.79 Å². The number of carbonyl (C=O) groups is 1. The van der Waals surface area contributed by atoms with E-state index in [0.29, 0.717) is 24.5 Å². The monoisotopic (exact) mass is 338 g/mol. The van der Waals surface area contributed by atoms with Crippen LogP contribution in [0.5, 0.6) is 0 Å². The van der Waals surface area contributed by atoms with Gasteiger partial charge in [-0.05, 0) is 52.4 Å². The van der Waals surface area contributed by atoms with E-state index in [2.05, 4.69) is 15.6 Å². The van der Waals surface area contributed by atoms with Gasteiger partial charge in [-0.3, -0.25) is 4.99 Å². The molecule has 0 bridgehead atoms. The van der Waals surface area contributed by atoms with Crippen molar-refractivity contribution in [3.63, 3.8) is 0 Å². The van der Waals surface area contributed by atoms with Gasteiger partial charge in [0.2, 0.25) is 0 Å². The summed E-state index contributed by atoms with van der Waals surface area (Å²) in [5, 5.41) is 6.30. The number of alkyl carbamates (subject to hydrolysis) is 1. The number of rotatable bonds is 5. The molecule has 6 nitrogen and oxygen atoms in total. The molecular weight excluding hydrogens is 304 g/mol. The molecule has 24 heavy (non-hydrogen) atoms. The summed E-state index contributed by atoms with van der Waals surface area (Å²) in [7, 11) is 0. The van der Waals surface area contributed by atoms with Crippen molar-refractivity contribution in [3.05, 3.63) is 0 Å². The largest absolute Gasteiger partial charge is 0.444 e. The summed E-state index contributed by atoms with van der Waals surface area (Å²) in [4.78, 5) is 16.4. The summed E-state index contributed by atoms with van der Waals surface area (Å²) in [6.07, 6.45) is 9.38. The molecule has 1 amide bonds. The molecule has 6 heteroatoms. The summed E-state index contributed by atoms with van der Waals surface area (Å²) in [6.45, 7) is 6.11. The summed E-state index contributed by atoms with van der Waals surface area (Å²) in [5.41, 5.74) is 5.57. The lowest BCUT2D eigenvalue weighted by Gasteiger charge is -2.23. The number of amides is 1. The SMILES string of the molecule is CC(C)(C)OC(=O)NC(CN=C(N)NC1CCCCCC1)C1CC1. The Labute approximate surface area is 146 Å². The molecule has 0 spiro atoms. The molecule has 0 radical (unpaired) electrons. The van der Waals surface area contributed by atoms with Gasteiger partial charge in [0.25, 0.3) is 0 Å². The fourth-order valence-electron chi connectivity index (χ4n) is 3.15. The second-order valence-electron chi connectivity index (χ2n) is 8.15. The summed E-state index contributed by atoms with van der Waals surface area (Å²) in [6, 6.07) is 0.448. The van der Waals surface area contributed by atoms with Crippen molar-refractivity contribution in [2.45, 2.75) is 89.8 Å². The average Bonchev–Trinajstić information content (AvgIpc) is 3.29. The van der Waals surface area contributed by atoms with Gasteiger partial charge in [0.05, 0.1) is 12.6 Å². The molecule has 2 aliphatic carbocycles. The second-order valence-corrected chi connectivity index (χ2v) is 8.15. The first-order valence-corrected chi connectivity index (χ1v) is 9.39. The van der Waals surface area contributed by atoms with E-state index in [4.69, 9.17) is 10.5 Å². The third-order valence-corrected chi connectivity index (χ3v) is 4.56. The molecule has 2 saturated carbocycles. The Morgan fingerprint density at radius 1 is 1.17 bits per heavy atom. The van der Waals surface area contributed by atoms with Crippen LogP contribution in [0.15, 0.2) is 4.99 Å². The van der Waals surface area contributed by atoms with Crippen molar-refractivity contribution < 1.29 is 9.53 Å². The van der Waals surface area contributed by atoms with Crippen LogP contribution in [0, 0.1) is 5.92 Å². The zero-order valence-electron chi connectivity index (χ0n) is 15.4. The third kappa shape index (κ3) is 7.41. The molecule has 0 aliphatic heterocycles. The Kier molecular flexibility index (Phi) is 6.75. The lowest BCUT2D eigenvalue weighted by atomic mass is 10.1. The number of ether oxygens (including phenoxy) is 1. The molecule has 0 saturated heterocycles. The Bertz CT molecular complexity index is 433. The Morgan fingerprint density at radius 3 is 2.33 bits per heavy atom. The van der Waals surface area contributed by atoms with E-state index in [1.807, 2.05) is 20.8 Å². The van der Waals surface area contributed by atoms with Gasteiger partial charge in [0.1, 0.15) is 5.60 Å². The van der Waals surface area contributed by atoms with E-state index in [1.54, 1.807) is 0 Å². The minimum atomic E-state index is -0.485. The molecule has 2 fully saturated rings. The van der Waals surface area contributed by atoms with Crippen LogP contribution in [-0.2, 0) is 4.74 Å². The van der Waals surface area contributed by atoms with Gasteiger partial charge in [-0.2, -0.15) is 0 Å². The minimum Gasteiger partial charge on any atom is -0.444 e.